The lowest BCUT2D eigenvalue weighted by Gasteiger charge is -2.06. The molecule has 2 aromatic rings. The van der Waals surface area contributed by atoms with Gasteiger partial charge < -0.3 is 5.11 Å². The highest BCUT2D eigenvalue weighted by atomic mass is 32.2. The van der Waals surface area contributed by atoms with Gasteiger partial charge in [-0.1, -0.05) is 36.0 Å². The van der Waals surface area contributed by atoms with Crippen LogP contribution in [0.5, 0.6) is 0 Å². The summed E-state index contributed by atoms with van der Waals surface area (Å²) in [6, 6.07) is 13.5. The largest absolute Gasteiger partial charge is 0.392 e. The molecular weight excluding hydrogens is 244 g/mol. The highest BCUT2D eigenvalue weighted by Gasteiger charge is 2.20. The van der Waals surface area contributed by atoms with Gasteiger partial charge in [-0.25, -0.2) is 0 Å². The van der Waals surface area contributed by atoms with Crippen molar-refractivity contribution in [2.24, 2.45) is 0 Å². The molecule has 3 heteroatoms. The maximum Gasteiger partial charge on any atom is 0.168 e. The second kappa shape index (κ2) is 4.59. The minimum absolute atomic E-state index is 0.00365. The minimum atomic E-state index is 0.00365. The highest BCUT2D eigenvalue weighted by Crippen LogP contribution is 2.37. The summed E-state index contributed by atoms with van der Waals surface area (Å²) in [5.41, 5.74) is 2.68. The van der Waals surface area contributed by atoms with E-state index in [1.165, 1.54) is 0 Å². The lowest BCUT2D eigenvalue weighted by Crippen LogP contribution is -2.03. The monoisotopic (exact) mass is 256 g/mol. The van der Waals surface area contributed by atoms with E-state index in [0.29, 0.717) is 6.42 Å². The first-order chi connectivity index (χ1) is 8.78. The van der Waals surface area contributed by atoms with E-state index in [2.05, 4.69) is 0 Å². The molecule has 0 aromatic heterocycles. The number of carbonyl (C=O) groups excluding carboxylic acids is 1. The van der Waals surface area contributed by atoms with E-state index in [4.69, 9.17) is 0 Å². The van der Waals surface area contributed by atoms with Crippen molar-refractivity contribution in [1.82, 2.24) is 0 Å². The summed E-state index contributed by atoms with van der Waals surface area (Å²) in [4.78, 5) is 14.3. The van der Waals surface area contributed by atoms with Gasteiger partial charge in [0, 0.05) is 21.8 Å². The van der Waals surface area contributed by atoms with Gasteiger partial charge in [-0.2, -0.15) is 0 Å². The first-order valence-electron chi connectivity index (χ1n) is 5.80. The van der Waals surface area contributed by atoms with Gasteiger partial charge in [0.1, 0.15) is 0 Å². The van der Waals surface area contributed by atoms with Crippen molar-refractivity contribution >= 4 is 17.5 Å². The molecule has 18 heavy (non-hydrogen) atoms. The van der Waals surface area contributed by atoms with Gasteiger partial charge in [0.25, 0.3) is 0 Å². The van der Waals surface area contributed by atoms with E-state index in [1.807, 2.05) is 42.5 Å². The van der Waals surface area contributed by atoms with Gasteiger partial charge in [-0.15, -0.1) is 0 Å². The van der Waals surface area contributed by atoms with Crippen LogP contribution in [0.3, 0.4) is 0 Å². The molecule has 1 heterocycles. The third kappa shape index (κ3) is 1.96. The lowest BCUT2D eigenvalue weighted by molar-refractivity contribution is 0.0990. The average molecular weight is 256 g/mol. The van der Waals surface area contributed by atoms with Crippen LogP contribution in [0.1, 0.15) is 21.5 Å². The van der Waals surface area contributed by atoms with Crippen LogP contribution in [-0.2, 0) is 13.0 Å². The van der Waals surface area contributed by atoms with Crippen LogP contribution >= 0.6 is 11.8 Å². The van der Waals surface area contributed by atoms with Crippen LogP contribution in [-0.4, -0.2) is 10.9 Å². The first-order valence-corrected chi connectivity index (χ1v) is 6.62. The Balaban J connectivity index is 2.14. The quantitative estimate of drug-likeness (QED) is 0.852. The summed E-state index contributed by atoms with van der Waals surface area (Å²) >= 11 is 1.60. The molecule has 90 valence electrons. The maximum atomic E-state index is 12.2. The number of hydrogen-bond donors (Lipinski definition) is 1. The van der Waals surface area contributed by atoms with Crippen molar-refractivity contribution in [2.75, 3.05) is 0 Å². The van der Waals surface area contributed by atoms with Crippen LogP contribution in [0.4, 0.5) is 0 Å². The number of ketones is 1. The summed E-state index contributed by atoms with van der Waals surface area (Å²) in [6.45, 7) is 0.00365. The van der Waals surface area contributed by atoms with E-state index in [9.17, 15) is 9.90 Å². The summed E-state index contributed by atoms with van der Waals surface area (Å²) < 4.78 is 0. The normalized spacial score (nSPS) is 13.7. The van der Waals surface area contributed by atoms with E-state index in [-0.39, 0.29) is 12.4 Å². The molecule has 0 radical (unpaired) electrons. The molecular formula is C15H12O2S. The number of Topliss-reactive ketones (excluding diaryl/α,β-unsaturated/α-hetero) is 1. The zero-order chi connectivity index (χ0) is 12.5. The summed E-state index contributed by atoms with van der Waals surface area (Å²) in [5.74, 6) is 0.145. The summed E-state index contributed by atoms with van der Waals surface area (Å²) in [7, 11) is 0. The Labute approximate surface area is 110 Å². The predicted octanol–water partition coefficient (Wildman–Crippen LogP) is 3.07. The zero-order valence-corrected chi connectivity index (χ0v) is 10.5. The van der Waals surface area contributed by atoms with E-state index >= 15 is 0 Å². The third-order valence-electron chi connectivity index (χ3n) is 3.07. The van der Waals surface area contributed by atoms with Gasteiger partial charge in [-0.05, 0) is 29.3 Å². The van der Waals surface area contributed by atoms with Gasteiger partial charge in [-0.3, -0.25) is 4.79 Å². The van der Waals surface area contributed by atoms with E-state index < -0.39 is 0 Å². The van der Waals surface area contributed by atoms with Crippen molar-refractivity contribution < 1.29 is 9.90 Å². The van der Waals surface area contributed by atoms with Crippen LogP contribution in [0.25, 0.3) is 0 Å². The fraction of sp³-hybridized carbons (Fsp3) is 0.133. The fourth-order valence-electron chi connectivity index (χ4n) is 2.12. The molecule has 0 saturated carbocycles. The van der Waals surface area contributed by atoms with Gasteiger partial charge in [0.2, 0.25) is 0 Å². The smallest absolute Gasteiger partial charge is 0.168 e. The molecule has 2 nitrogen and oxygen atoms in total. The number of aliphatic hydroxyl groups excluding tert-OH is 1. The van der Waals surface area contributed by atoms with Gasteiger partial charge >= 0.3 is 0 Å². The average Bonchev–Trinajstić information content (AvgIpc) is 2.54. The molecule has 1 N–H and O–H groups in total. The molecule has 0 spiro atoms. The van der Waals surface area contributed by atoms with Crippen molar-refractivity contribution in [2.45, 2.75) is 22.8 Å². The minimum Gasteiger partial charge on any atom is -0.392 e. The number of carbonyl (C=O) groups is 1. The lowest BCUT2D eigenvalue weighted by atomic mass is 10.0. The zero-order valence-electron chi connectivity index (χ0n) is 9.72. The molecule has 1 aliphatic rings. The Morgan fingerprint density at radius 1 is 1.11 bits per heavy atom. The topological polar surface area (TPSA) is 37.3 Å². The molecule has 0 atom stereocenters. The Bertz CT molecular complexity index is 620. The Morgan fingerprint density at radius 3 is 2.78 bits per heavy atom. The summed E-state index contributed by atoms with van der Waals surface area (Å²) in [6.07, 6.45) is 0.453. The van der Waals surface area contributed by atoms with Crippen LogP contribution in [0, 0.1) is 0 Å². The Hall–Kier alpha value is -1.58. The van der Waals surface area contributed by atoms with Crippen molar-refractivity contribution in [3.63, 3.8) is 0 Å². The molecule has 2 aromatic carbocycles. The van der Waals surface area contributed by atoms with Crippen molar-refractivity contribution in [3.05, 3.63) is 59.2 Å². The van der Waals surface area contributed by atoms with Gasteiger partial charge in [0.05, 0.1) is 6.61 Å². The second-order valence-electron chi connectivity index (χ2n) is 4.30. The van der Waals surface area contributed by atoms with E-state index in [1.54, 1.807) is 11.8 Å². The molecule has 0 bridgehead atoms. The molecule has 0 fully saturated rings. The SMILES string of the molecule is O=C1Cc2ccccc2Sc2cc(CO)ccc21. The first kappa shape index (κ1) is 11.5. The molecule has 0 aliphatic carbocycles. The van der Waals surface area contributed by atoms with Crippen LogP contribution in [0.15, 0.2) is 52.3 Å². The highest BCUT2D eigenvalue weighted by molar-refractivity contribution is 7.99. The Morgan fingerprint density at radius 2 is 1.94 bits per heavy atom. The standard InChI is InChI=1S/C15H12O2S/c16-9-10-5-6-12-13(17)8-11-3-1-2-4-14(11)18-15(12)7-10/h1-7,16H,8-9H2. The van der Waals surface area contributed by atoms with E-state index in [0.717, 1.165) is 26.5 Å². The Kier molecular flexibility index (Phi) is 2.94. The fourth-order valence-corrected chi connectivity index (χ4v) is 3.27. The predicted molar refractivity (Wildman–Crippen MR) is 71.0 cm³/mol. The molecule has 0 unspecified atom stereocenters. The summed E-state index contributed by atoms with van der Waals surface area (Å²) in [5, 5.41) is 9.18. The number of fused-ring (bicyclic) bond motifs is 2. The van der Waals surface area contributed by atoms with Gasteiger partial charge in [0.15, 0.2) is 5.78 Å². The number of aliphatic hydroxyl groups is 1. The second-order valence-corrected chi connectivity index (χ2v) is 5.38. The molecule has 0 saturated heterocycles. The van der Waals surface area contributed by atoms with Crippen LogP contribution < -0.4 is 0 Å². The van der Waals surface area contributed by atoms with Crippen LogP contribution in [0.2, 0.25) is 0 Å². The van der Waals surface area contributed by atoms with Crippen molar-refractivity contribution in [3.8, 4) is 0 Å². The maximum absolute atomic E-state index is 12.2. The molecule has 0 amide bonds. The third-order valence-corrected chi connectivity index (χ3v) is 4.25. The molecule has 3 rings (SSSR count). The number of rotatable bonds is 1. The van der Waals surface area contributed by atoms with Crippen molar-refractivity contribution in [1.29, 1.82) is 0 Å². The number of hydrogen-bond acceptors (Lipinski definition) is 3. The molecule has 1 aliphatic heterocycles. The number of benzene rings is 2.